The zero-order valence-corrected chi connectivity index (χ0v) is 15.3. The van der Waals surface area contributed by atoms with E-state index >= 15 is 0 Å². The van der Waals surface area contributed by atoms with Gasteiger partial charge in [-0.25, -0.2) is 4.98 Å². The standard InChI is InChI=1S/C21H27N3O/c1-14-23-19(13-24(14)17-7-5-4-6-8-17)20(25)22-12-15-9-10-16-11-18(15)21(16,2)3/h4-8,13,15-16,18H,9-12H2,1-3H3,(H,22,25). The Hall–Kier alpha value is -2.10. The molecular formula is C21H27N3O. The van der Waals surface area contributed by atoms with Crippen molar-refractivity contribution in [1.29, 1.82) is 0 Å². The molecule has 3 atom stereocenters. The molecule has 0 aliphatic heterocycles. The van der Waals surface area contributed by atoms with Gasteiger partial charge in [0.1, 0.15) is 11.5 Å². The fraction of sp³-hybridized carbons (Fsp3) is 0.524. The molecule has 1 amide bonds. The highest BCUT2D eigenvalue weighted by Gasteiger charge is 2.53. The van der Waals surface area contributed by atoms with Crippen LogP contribution in [0.2, 0.25) is 0 Å². The van der Waals surface area contributed by atoms with Crippen molar-refractivity contribution in [1.82, 2.24) is 14.9 Å². The van der Waals surface area contributed by atoms with Crippen molar-refractivity contribution in [3.63, 3.8) is 0 Å². The number of amides is 1. The van der Waals surface area contributed by atoms with Gasteiger partial charge in [-0.1, -0.05) is 32.0 Å². The second-order valence-electron chi connectivity index (χ2n) is 8.29. The minimum absolute atomic E-state index is 0.0583. The highest BCUT2D eigenvalue weighted by Crippen LogP contribution is 2.61. The number of hydrogen-bond donors (Lipinski definition) is 1. The lowest BCUT2D eigenvalue weighted by Crippen LogP contribution is -2.54. The predicted octanol–water partition coefficient (Wildman–Crippen LogP) is 3.98. The van der Waals surface area contributed by atoms with Gasteiger partial charge in [-0.2, -0.15) is 0 Å². The van der Waals surface area contributed by atoms with Crippen LogP contribution >= 0.6 is 0 Å². The molecule has 0 saturated heterocycles. The lowest BCUT2D eigenvalue weighted by molar-refractivity contribution is -0.103. The first kappa shape index (κ1) is 16.4. The normalized spacial score (nSPS) is 26.8. The van der Waals surface area contributed by atoms with Crippen LogP contribution in [0.25, 0.3) is 5.69 Å². The largest absolute Gasteiger partial charge is 0.350 e. The van der Waals surface area contributed by atoms with Crippen LogP contribution in [0, 0.1) is 30.1 Å². The van der Waals surface area contributed by atoms with E-state index in [4.69, 9.17) is 0 Å². The van der Waals surface area contributed by atoms with Crippen molar-refractivity contribution in [2.24, 2.45) is 23.2 Å². The molecule has 1 aromatic carbocycles. The number of imidazole rings is 1. The molecule has 1 heterocycles. The molecular weight excluding hydrogens is 310 g/mol. The fourth-order valence-electron chi connectivity index (χ4n) is 4.95. The van der Waals surface area contributed by atoms with E-state index in [1.165, 1.54) is 19.3 Å². The summed E-state index contributed by atoms with van der Waals surface area (Å²) in [5.41, 5.74) is 1.99. The third-order valence-corrected chi connectivity index (χ3v) is 6.68. The van der Waals surface area contributed by atoms with Gasteiger partial charge in [-0.3, -0.25) is 4.79 Å². The molecule has 3 saturated carbocycles. The Morgan fingerprint density at radius 3 is 2.72 bits per heavy atom. The maximum atomic E-state index is 12.6. The van der Waals surface area contributed by atoms with Crippen LogP contribution < -0.4 is 5.32 Å². The molecule has 0 radical (unpaired) electrons. The molecule has 5 rings (SSSR count). The van der Waals surface area contributed by atoms with Gasteiger partial charge in [-0.05, 0) is 61.5 Å². The summed E-state index contributed by atoms with van der Waals surface area (Å²) in [4.78, 5) is 17.0. The number of para-hydroxylation sites is 1. The third-order valence-electron chi connectivity index (χ3n) is 6.68. The van der Waals surface area contributed by atoms with Crippen molar-refractivity contribution < 1.29 is 4.79 Å². The minimum atomic E-state index is -0.0583. The van der Waals surface area contributed by atoms with Crippen LogP contribution in [0.1, 0.15) is 49.4 Å². The van der Waals surface area contributed by atoms with E-state index in [0.29, 0.717) is 17.0 Å². The van der Waals surface area contributed by atoms with Crippen LogP contribution in [0.4, 0.5) is 0 Å². The van der Waals surface area contributed by atoms with Gasteiger partial charge >= 0.3 is 0 Å². The van der Waals surface area contributed by atoms with E-state index in [1.807, 2.05) is 48.0 Å². The summed E-state index contributed by atoms with van der Waals surface area (Å²) in [5.74, 6) is 3.04. The highest BCUT2D eigenvalue weighted by atomic mass is 16.1. The molecule has 3 aliphatic rings. The number of benzene rings is 1. The molecule has 3 unspecified atom stereocenters. The molecule has 132 valence electrons. The molecule has 1 aromatic heterocycles. The summed E-state index contributed by atoms with van der Waals surface area (Å²) in [6.45, 7) is 7.49. The van der Waals surface area contributed by atoms with Gasteiger partial charge in [0.2, 0.25) is 0 Å². The zero-order valence-electron chi connectivity index (χ0n) is 15.3. The summed E-state index contributed by atoms with van der Waals surface area (Å²) in [5, 5.41) is 3.14. The van der Waals surface area contributed by atoms with Crippen LogP contribution in [0.5, 0.6) is 0 Å². The Morgan fingerprint density at radius 2 is 2.04 bits per heavy atom. The summed E-state index contributed by atoms with van der Waals surface area (Å²) in [6.07, 6.45) is 5.74. The minimum Gasteiger partial charge on any atom is -0.350 e. The number of nitrogens with zero attached hydrogens (tertiary/aromatic N) is 2. The number of hydrogen-bond acceptors (Lipinski definition) is 2. The number of carbonyl (C=O) groups excluding carboxylic acids is 1. The van der Waals surface area contributed by atoms with Gasteiger partial charge in [0.25, 0.3) is 5.91 Å². The lowest BCUT2D eigenvalue weighted by Gasteiger charge is -2.60. The molecule has 2 aromatic rings. The SMILES string of the molecule is Cc1nc(C(=O)NCC2CCC3CC2C3(C)C)cn1-c1ccccc1. The maximum Gasteiger partial charge on any atom is 0.271 e. The van der Waals surface area contributed by atoms with E-state index in [1.54, 1.807) is 0 Å². The van der Waals surface area contributed by atoms with Gasteiger partial charge in [-0.15, -0.1) is 0 Å². The number of rotatable bonds is 4. The summed E-state index contributed by atoms with van der Waals surface area (Å²) < 4.78 is 1.97. The Morgan fingerprint density at radius 1 is 1.28 bits per heavy atom. The molecule has 2 bridgehead atoms. The van der Waals surface area contributed by atoms with Gasteiger partial charge in [0.15, 0.2) is 0 Å². The molecule has 4 nitrogen and oxygen atoms in total. The van der Waals surface area contributed by atoms with E-state index in [9.17, 15) is 4.79 Å². The van der Waals surface area contributed by atoms with E-state index in [2.05, 4.69) is 24.1 Å². The smallest absolute Gasteiger partial charge is 0.271 e. The van der Waals surface area contributed by atoms with Crippen LogP contribution in [-0.4, -0.2) is 22.0 Å². The topological polar surface area (TPSA) is 46.9 Å². The Kier molecular flexibility index (Phi) is 3.94. The fourth-order valence-corrected chi connectivity index (χ4v) is 4.95. The van der Waals surface area contributed by atoms with E-state index in [-0.39, 0.29) is 5.91 Å². The van der Waals surface area contributed by atoms with Gasteiger partial charge in [0, 0.05) is 18.4 Å². The molecule has 3 fully saturated rings. The zero-order chi connectivity index (χ0) is 17.6. The average Bonchev–Trinajstić information content (AvgIpc) is 3.02. The monoisotopic (exact) mass is 337 g/mol. The number of fused-ring (bicyclic) bond motifs is 2. The number of aryl methyl sites for hydroxylation is 1. The van der Waals surface area contributed by atoms with Crippen molar-refractivity contribution in [2.75, 3.05) is 6.54 Å². The van der Waals surface area contributed by atoms with Crippen molar-refractivity contribution in [3.05, 3.63) is 48.0 Å². The van der Waals surface area contributed by atoms with Crippen molar-refractivity contribution in [3.8, 4) is 5.69 Å². The van der Waals surface area contributed by atoms with Crippen molar-refractivity contribution in [2.45, 2.75) is 40.0 Å². The Bertz CT molecular complexity index is 776. The van der Waals surface area contributed by atoms with E-state index < -0.39 is 0 Å². The summed E-state index contributed by atoms with van der Waals surface area (Å²) >= 11 is 0. The lowest BCUT2D eigenvalue weighted by atomic mass is 9.45. The second kappa shape index (κ2) is 6.01. The Balaban J connectivity index is 1.42. The third kappa shape index (κ3) is 2.78. The summed E-state index contributed by atoms with van der Waals surface area (Å²) in [6, 6.07) is 10.0. The Labute approximate surface area is 149 Å². The quantitative estimate of drug-likeness (QED) is 0.917. The maximum absolute atomic E-state index is 12.6. The van der Waals surface area contributed by atoms with Crippen LogP contribution in [-0.2, 0) is 0 Å². The van der Waals surface area contributed by atoms with Gasteiger partial charge in [0.05, 0.1) is 0 Å². The second-order valence-corrected chi connectivity index (χ2v) is 8.29. The first-order valence-electron chi connectivity index (χ1n) is 9.36. The predicted molar refractivity (Wildman–Crippen MR) is 98.7 cm³/mol. The van der Waals surface area contributed by atoms with E-state index in [0.717, 1.165) is 29.9 Å². The number of aromatic nitrogens is 2. The first-order valence-corrected chi connectivity index (χ1v) is 9.36. The molecule has 25 heavy (non-hydrogen) atoms. The molecule has 0 spiro atoms. The highest BCUT2D eigenvalue weighted by molar-refractivity contribution is 5.92. The van der Waals surface area contributed by atoms with Gasteiger partial charge < -0.3 is 9.88 Å². The number of carbonyl (C=O) groups is 1. The first-order chi connectivity index (χ1) is 12.0. The molecule has 3 aliphatic carbocycles. The van der Waals surface area contributed by atoms with Crippen LogP contribution in [0.3, 0.4) is 0 Å². The molecule has 4 heteroatoms. The summed E-state index contributed by atoms with van der Waals surface area (Å²) in [7, 11) is 0. The molecule has 1 N–H and O–H groups in total. The number of nitrogens with one attached hydrogen (secondary N) is 1. The van der Waals surface area contributed by atoms with Crippen LogP contribution in [0.15, 0.2) is 36.5 Å². The average molecular weight is 337 g/mol. The van der Waals surface area contributed by atoms with Crippen molar-refractivity contribution >= 4 is 5.91 Å².